The van der Waals surface area contributed by atoms with Crippen molar-refractivity contribution in [1.82, 2.24) is 4.98 Å². The van der Waals surface area contributed by atoms with E-state index in [1.165, 1.54) is 23.5 Å². The molecule has 0 unspecified atom stereocenters. The molecule has 0 fully saturated rings. The van der Waals surface area contributed by atoms with E-state index in [2.05, 4.69) is 15.6 Å². The molecule has 0 bridgehead atoms. The zero-order valence-electron chi connectivity index (χ0n) is 16.9. The number of nitrogens with zero attached hydrogens (tertiary/aromatic N) is 2. The van der Waals surface area contributed by atoms with E-state index in [4.69, 9.17) is 4.74 Å². The van der Waals surface area contributed by atoms with E-state index in [1.54, 1.807) is 31.4 Å². The molecule has 0 saturated heterocycles. The van der Waals surface area contributed by atoms with Gasteiger partial charge in [-0.15, -0.1) is 0 Å². The lowest BCUT2D eigenvalue weighted by atomic mass is 10.1. The summed E-state index contributed by atoms with van der Waals surface area (Å²) < 4.78 is 5.37. The summed E-state index contributed by atoms with van der Waals surface area (Å²) in [5.74, 6) is 0.310. The number of anilines is 3. The number of nitro groups is 1. The molecule has 0 aliphatic carbocycles. The zero-order valence-corrected chi connectivity index (χ0v) is 17.8. The Bertz CT molecular complexity index is 1260. The van der Waals surface area contributed by atoms with Crippen LogP contribution in [0.25, 0.3) is 11.3 Å². The number of amides is 1. The Balaban J connectivity index is 1.72. The van der Waals surface area contributed by atoms with Crippen molar-refractivity contribution in [3.8, 4) is 17.0 Å². The standard InChI is InChI=1S/C23H18N4O4S/c1-31-19-10-6-5-9-18(19)25-23-26-20(15-11-13-17(14-12-15)27(29)30)21(32-23)22(28)24-16-7-3-2-4-8-16/h2-14H,1H3,(H,24,28)(H,25,26). The third-order valence-corrected chi connectivity index (χ3v) is 5.53. The molecule has 3 aromatic carbocycles. The Kier molecular flexibility index (Phi) is 6.09. The van der Waals surface area contributed by atoms with Gasteiger partial charge in [0.15, 0.2) is 5.13 Å². The number of ether oxygens (including phenoxy) is 1. The number of carbonyl (C=O) groups is 1. The van der Waals surface area contributed by atoms with E-state index < -0.39 is 4.92 Å². The third-order valence-electron chi connectivity index (χ3n) is 4.57. The van der Waals surface area contributed by atoms with Crippen LogP contribution in [0.2, 0.25) is 0 Å². The molecule has 0 aliphatic rings. The van der Waals surface area contributed by atoms with Crippen LogP contribution in [0.15, 0.2) is 78.9 Å². The van der Waals surface area contributed by atoms with E-state index in [9.17, 15) is 14.9 Å². The fraction of sp³-hybridized carbons (Fsp3) is 0.0435. The van der Waals surface area contributed by atoms with Gasteiger partial charge in [0, 0.05) is 23.4 Å². The van der Waals surface area contributed by atoms with Gasteiger partial charge < -0.3 is 15.4 Å². The number of para-hydroxylation sites is 3. The Morgan fingerprint density at radius 2 is 1.69 bits per heavy atom. The Morgan fingerprint density at radius 3 is 2.38 bits per heavy atom. The van der Waals surface area contributed by atoms with Crippen LogP contribution in [-0.2, 0) is 0 Å². The van der Waals surface area contributed by atoms with E-state index in [0.29, 0.717) is 38.4 Å². The van der Waals surface area contributed by atoms with Crippen molar-refractivity contribution in [3.63, 3.8) is 0 Å². The van der Waals surface area contributed by atoms with Gasteiger partial charge in [0.25, 0.3) is 11.6 Å². The highest BCUT2D eigenvalue weighted by Gasteiger charge is 2.21. The molecule has 1 aromatic heterocycles. The number of hydrogen-bond acceptors (Lipinski definition) is 7. The lowest BCUT2D eigenvalue weighted by Crippen LogP contribution is -2.11. The molecular formula is C23H18N4O4S. The number of carbonyl (C=O) groups excluding carboxylic acids is 1. The minimum absolute atomic E-state index is 0.0355. The average Bonchev–Trinajstić information content (AvgIpc) is 3.24. The third kappa shape index (κ3) is 4.57. The van der Waals surface area contributed by atoms with Crippen LogP contribution in [0.3, 0.4) is 0 Å². The van der Waals surface area contributed by atoms with Crippen LogP contribution >= 0.6 is 11.3 Å². The Labute approximate surface area is 187 Å². The molecule has 4 rings (SSSR count). The SMILES string of the molecule is COc1ccccc1Nc1nc(-c2ccc([N+](=O)[O-])cc2)c(C(=O)Nc2ccccc2)s1. The zero-order chi connectivity index (χ0) is 22.5. The van der Waals surface area contributed by atoms with Gasteiger partial charge in [-0.05, 0) is 36.4 Å². The van der Waals surface area contributed by atoms with Gasteiger partial charge in [-0.3, -0.25) is 14.9 Å². The molecule has 0 radical (unpaired) electrons. The summed E-state index contributed by atoms with van der Waals surface area (Å²) in [5, 5.41) is 17.6. The number of benzene rings is 3. The van der Waals surface area contributed by atoms with Crippen LogP contribution in [0, 0.1) is 10.1 Å². The average molecular weight is 446 g/mol. The van der Waals surface area contributed by atoms with Gasteiger partial charge in [-0.25, -0.2) is 4.98 Å². The summed E-state index contributed by atoms with van der Waals surface area (Å²) in [6.07, 6.45) is 0. The van der Waals surface area contributed by atoms with Crippen LogP contribution in [0.4, 0.5) is 22.2 Å². The number of methoxy groups -OCH3 is 1. The second-order valence-electron chi connectivity index (χ2n) is 6.65. The van der Waals surface area contributed by atoms with Gasteiger partial charge in [-0.1, -0.05) is 41.7 Å². The molecule has 0 aliphatic heterocycles. The van der Waals surface area contributed by atoms with E-state index in [-0.39, 0.29) is 11.6 Å². The van der Waals surface area contributed by atoms with Crippen LogP contribution in [-0.4, -0.2) is 22.9 Å². The van der Waals surface area contributed by atoms with Crippen LogP contribution in [0.5, 0.6) is 5.75 Å². The lowest BCUT2D eigenvalue weighted by Gasteiger charge is -2.08. The second-order valence-corrected chi connectivity index (χ2v) is 7.65. The highest BCUT2D eigenvalue weighted by atomic mass is 32.1. The summed E-state index contributed by atoms with van der Waals surface area (Å²) in [7, 11) is 1.57. The van der Waals surface area contributed by atoms with Crippen molar-refractivity contribution in [2.75, 3.05) is 17.7 Å². The predicted octanol–water partition coefficient (Wildman–Crippen LogP) is 5.72. The molecule has 160 valence electrons. The molecule has 1 heterocycles. The minimum Gasteiger partial charge on any atom is -0.495 e. The fourth-order valence-corrected chi connectivity index (χ4v) is 3.93. The molecular weight excluding hydrogens is 428 g/mol. The first-order chi connectivity index (χ1) is 15.5. The van der Waals surface area contributed by atoms with E-state index in [1.807, 2.05) is 42.5 Å². The first-order valence-corrected chi connectivity index (χ1v) is 10.4. The van der Waals surface area contributed by atoms with Crippen molar-refractivity contribution in [1.29, 1.82) is 0 Å². The largest absolute Gasteiger partial charge is 0.495 e. The van der Waals surface area contributed by atoms with Gasteiger partial charge >= 0.3 is 0 Å². The number of non-ortho nitro benzene ring substituents is 1. The summed E-state index contributed by atoms with van der Waals surface area (Å²) in [6.45, 7) is 0. The number of rotatable bonds is 7. The highest BCUT2D eigenvalue weighted by Crippen LogP contribution is 2.36. The topological polar surface area (TPSA) is 106 Å². The maximum Gasteiger partial charge on any atom is 0.269 e. The Morgan fingerprint density at radius 1 is 1.00 bits per heavy atom. The Hall–Kier alpha value is -4.24. The molecule has 8 nitrogen and oxygen atoms in total. The monoisotopic (exact) mass is 446 g/mol. The first kappa shape index (κ1) is 21.0. The fourth-order valence-electron chi connectivity index (χ4n) is 3.04. The molecule has 0 spiro atoms. The molecule has 32 heavy (non-hydrogen) atoms. The quantitative estimate of drug-likeness (QED) is 0.278. The first-order valence-electron chi connectivity index (χ1n) is 9.57. The smallest absolute Gasteiger partial charge is 0.269 e. The predicted molar refractivity (Wildman–Crippen MR) is 125 cm³/mol. The van der Waals surface area contributed by atoms with E-state index in [0.717, 1.165) is 0 Å². The van der Waals surface area contributed by atoms with Crippen molar-refractivity contribution >= 4 is 39.4 Å². The summed E-state index contributed by atoms with van der Waals surface area (Å²) in [6, 6.07) is 22.4. The van der Waals surface area contributed by atoms with Gasteiger partial charge in [0.1, 0.15) is 10.6 Å². The maximum atomic E-state index is 13.1. The maximum absolute atomic E-state index is 13.1. The number of nitro benzene ring substituents is 1. The normalized spacial score (nSPS) is 10.4. The van der Waals surface area contributed by atoms with Crippen molar-refractivity contribution < 1.29 is 14.5 Å². The molecule has 0 saturated carbocycles. The number of thiazole rings is 1. The van der Waals surface area contributed by atoms with Crippen molar-refractivity contribution in [2.24, 2.45) is 0 Å². The molecule has 9 heteroatoms. The number of hydrogen-bond donors (Lipinski definition) is 2. The number of nitrogens with one attached hydrogen (secondary N) is 2. The molecule has 2 N–H and O–H groups in total. The van der Waals surface area contributed by atoms with Crippen molar-refractivity contribution in [2.45, 2.75) is 0 Å². The summed E-state index contributed by atoms with van der Waals surface area (Å²) in [4.78, 5) is 28.6. The van der Waals surface area contributed by atoms with Crippen LogP contribution in [0.1, 0.15) is 9.67 Å². The van der Waals surface area contributed by atoms with Gasteiger partial charge in [0.05, 0.1) is 23.4 Å². The minimum atomic E-state index is -0.470. The number of aromatic nitrogens is 1. The highest BCUT2D eigenvalue weighted by molar-refractivity contribution is 7.18. The molecule has 1 amide bonds. The summed E-state index contributed by atoms with van der Waals surface area (Å²) >= 11 is 1.18. The van der Waals surface area contributed by atoms with Gasteiger partial charge in [-0.2, -0.15) is 0 Å². The second kappa shape index (κ2) is 9.27. The van der Waals surface area contributed by atoms with Gasteiger partial charge in [0.2, 0.25) is 0 Å². The van der Waals surface area contributed by atoms with Crippen LogP contribution < -0.4 is 15.4 Å². The van der Waals surface area contributed by atoms with Crippen molar-refractivity contribution in [3.05, 3.63) is 93.9 Å². The molecule has 4 aromatic rings. The van der Waals surface area contributed by atoms with E-state index >= 15 is 0 Å². The summed E-state index contributed by atoms with van der Waals surface area (Å²) in [5.41, 5.74) is 2.34. The lowest BCUT2D eigenvalue weighted by molar-refractivity contribution is -0.384. The molecule has 0 atom stereocenters.